The highest BCUT2D eigenvalue weighted by molar-refractivity contribution is 7.92. The largest absolute Gasteiger partial charge is 0.452 e. The molecule has 172 valence electrons. The number of esters is 1. The lowest BCUT2D eigenvalue weighted by Crippen LogP contribution is -2.31. The lowest BCUT2D eigenvalue weighted by molar-refractivity contribution is -0.124. The summed E-state index contributed by atoms with van der Waals surface area (Å²) in [5, 5.41) is 2.76. The summed E-state index contributed by atoms with van der Waals surface area (Å²) in [6, 6.07) is 21.8. The Morgan fingerprint density at radius 2 is 1.64 bits per heavy atom. The predicted octanol–water partition coefficient (Wildman–Crippen LogP) is 3.85. The zero-order chi connectivity index (χ0) is 24.0. The minimum absolute atomic E-state index is 0.0392. The molecule has 0 fully saturated rings. The fraction of sp³-hybridized carbons (Fsp3) is 0.200. The average molecular weight is 467 g/mol. The number of hydrogen-bond acceptors (Lipinski definition) is 5. The van der Waals surface area contributed by atoms with E-state index in [2.05, 4.69) is 5.32 Å². The maximum Gasteiger partial charge on any atom is 0.338 e. The van der Waals surface area contributed by atoms with E-state index >= 15 is 0 Å². The smallest absolute Gasteiger partial charge is 0.338 e. The topological polar surface area (TPSA) is 92.8 Å². The first kappa shape index (κ1) is 24.0. The van der Waals surface area contributed by atoms with Gasteiger partial charge in [-0.2, -0.15) is 0 Å². The Bertz CT molecular complexity index is 1230. The van der Waals surface area contributed by atoms with Crippen molar-refractivity contribution < 1.29 is 22.7 Å². The summed E-state index contributed by atoms with van der Waals surface area (Å²) >= 11 is 0. The van der Waals surface area contributed by atoms with E-state index in [1.165, 1.54) is 31.3 Å². The summed E-state index contributed by atoms with van der Waals surface area (Å²) in [6.45, 7) is 3.26. The fourth-order valence-electron chi connectivity index (χ4n) is 3.16. The molecule has 8 heteroatoms. The minimum Gasteiger partial charge on any atom is -0.452 e. The van der Waals surface area contributed by atoms with Crippen molar-refractivity contribution in [3.8, 4) is 0 Å². The summed E-state index contributed by atoms with van der Waals surface area (Å²) in [4.78, 5) is 24.6. The molecule has 0 heterocycles. The molecule has 0 radical (unpaired) electrons. The van der Waals surface area contributed by atoms with Gasteiger partial charge in [-0.1, -0.05) is 54.1 Å². The Morgan fingerprint density at radius 3 is 2.30 bits per heavy atom. The number of sulfonamides is 1. The molecule has 0 aliphatic rings. The first-order chi connectivity index (χ1) is 15.7. The zero-order valence-corrected chi connectivity index (χ0v) is 19.5. The molecule has 1 atom stereocenters. The molecule has 7 nitrogen and oxygen atoms in total. The monoisotopic (exact) mass is 466 g/mol. The van der Waals surface area contributed by atoms with E-state index in [0.717, 1.165) is 15.4 Å². The molecule has 0 aromatic heterocycles. The number of nitrogens with zero attached hydrogens (tertiary/aromatic N) is 1. The molecule has 3 rings (SSSR count). The summed E-state index contributed by atoms with van der Waals surface area (Å²) in [6.07, 6.45) is 0. The Kier molecular flexibility index (Phi) is 7.50. The van der Waals surface area contributed by atoms with Crippen molar-refractivity contribution in [2.45, 2.75) is 24.8 Å². The summed E-state index contributed by atoms with van der Waals surface area (Å²) < 4.78 is 32.3. The van der Waals surface area contributed by atoms with Crippen LogP contribution in [-0.4, -0.2) is 33.9 Å². The number of ether oxygens (including phenoxy) is 1. The fourth-order valence-corrected chi connectivity index (χ4v) is 4.40. The van der Waals surface area contributed by atoms with Gasteiger partial charge in [-0.25, -0.2) is 13.2 Å². The van der Waals surface area contributed by atoms with E-state index in [1.54, 1.807) is 12.1 Å². The molecule has 0 bridgehead atoms. The number of nitrogens with one attached hydrogen (secondary N) is 1. The Morgan fingerprint density at radius 1 is 0.970 bits per heavy atom. The summed E-state index contributed by atoms with van der Waals surface area (Å²) in [5.74, 6) is -1.24. The van der Waals surface area contributed by atoms with Crippen molar-refractivity contribution >= 4 is 27.6 Å². The molecule has 0 saturated heterocycles. The standard InChI is InChI=1S/C25H26N2O5S/c1-18-12-14-22(15-13-18)27(3)33(30,31)23-11-7-10-21(16-23)25(29)32-17-24(28)26-19(2)20-8-5-4-6-9-20/h4-16,19H,17H2,1-3H3,(H,26,28)/t19-/m1/s1. The van der Waals surface area contributed by atoms with Gasteiger partial charge in [0.15, 0.2) is 6.61 Å². The van der Waals surface area contributed by atoms with Gasteiger partial charge in [-0.3, -0.25) is 9.10 Å². The third-order valence-electron chi connectivity index (χ3n) is 5.14. The molecule has 0 unspecified atom stereocenters. The van der Waals surface area contributed by atoms with E-state index in [9.17, 15) is 18.0 Å². The number of hydrogen-bond donors (Lipinski definition) is 1. The van der Waals surface area contributed by atoms with Crippen molar-refractivity contribution in [1.82, 2.24) is 5.32 Å². The highest BCUT2D eigenvalue weighted by Crippen LogP contribution is 2.23. The van der Waals surface area contributed by atoms with Gasteiger partial charge in [-0.05, 0) is 49.7 Å². The van der Waals surface area contributed by atoms with Crippen LogP contribution in [0.5, 0.6) is 0 Å². The summed E-state index contributed by atoms with van der Waals surface area (Å²) in [5.41, 5.74) is 2.47. The number of benzene rings is 3. The predicted molar refractivity (Wildman–Crippen MR) is 126 cm³/mol. The molecule has 3 aromatic rings. The molecule has 33 heavy (non-hydrogen) atoms. The van der Waals surface area contributed by atoms with Gasteiger partial charge in [0.25, 0.3) is 15.9 Å². The Labute approximate surface area is 194 Å². The van der Waals surface area contributed by atoms with Crippen molar-refractivity contribution in [3.05, 3.63) is 95.6 Å². The Hall–Kier alpha value is -3.65. The van der Waals surface area contributed by atoms with Crippen LogP contribution < -0.4 is 9.62 Å². The van der Waals surface area contributed by atoms with Gasteiger partial charge in [0.05, 0.1) is 22.2 Å². The number of carbonyl (C=O) groups is 2. The van der Waals surface area contributed by atoms with E-state index in [1.807, 2.05) is 56.3 Å². The van der Waals surface area contributed by atoms with Crippen LogP contribution in [0.15, 0.2) is 83.8 Å². The average Bonchev–Trinajstić information content (AvgIpc) is 2.83. The van der Waals surface area contributed by atoms with Gasteiger partial charge in [0, 0.05) is 7.05 Å². The normalized spacial score (nSPS) is 12.0. The quantitative estimate of drug-likeness (QED) is 0.509. The molecule has 0 saturated carbocycles. The van der Waals surface area contributed by atoms with Crippen LogP contribution >= 0.6 is 0 Å². The van der Waals surface area contributed by atoms with Crippen molar-refractivity contribution in [2.75, 3.05) is 18.0 Å². The Balaban J connectivity index is 1.65. The second-order valence-corrected chi connectivity index (χ2v) is 9.58. The van der Waals surface area contributed by atoms with Crippen LogP contribution in [0.3, 0.4) is 0 Å². The van der Waals surface area contributed by atoms with E-state index in [-0.39, 0.29) is 16.5 Å². The minimum atomic E-state index is -3.89. The van der Waals surface area contributed by atoms with Gasteiger partial charge >= 0.3 is 5.97 Å². The molecular formula is C25H26N2O5S. The van der Waals surface area contributed by atoms with Crippen LogP contribution in [0, 0.1) is 6.92 Å². The second kappa shape index (κ2) is 10.3. The highest BCUT2D eigenvalue weighted by Gasteiger charge is 2.23. The van der Waals surface area contributed by atoms with Gasteiger partial charge in [-0.15, -0.1) is 0 Å². The lowest BCUT2D eigenvalue weighted by atomic mass is 10.1. The van der Waals surface area contributed by atoms with Gasteiger partial charge in [0.2, 0.25) is 0 Å². The van der Waals surface area contributed by atoms with Crippen LogP contribution in [0.1, 0.15) is 34.5 Å². The van der Waals surface area contributed by atoms with Crippen LogP contribution in [0.2, 0.25) is 0 Å². The molecular weight excluding hydrogens is 440 g/mol. The zero-order valence-electron chi connectivity index (χ0n) is 18.7. The molecule has 1 N–H and O–H groups in total. The van der Waals surface area contributed by atoms with Gasteiger partial charge < -0.3 is 10.1 Å². The van der Waals surface area contributed by atoms with Gasteiger partial charge in [0.1, 0.15) is 0 Å². The first-order valence-corrected chi connectivity index (χ1v) is 11.8. The number of anilines is 1. The SMILES string of the molecule is Cc1ccc(N(C)S(=O)(=O)c2cccc(C(=O)OCC(=O)N[C@H](C)c3ccccc3)c2)cc1. The molecule has 0 spiro atoms. The molecule has 1 amide bonds. The maximum absolute atomic E-state index is 13.0. The highest BCUT2D eigenvalue weighted by atomic mass is 32.2. The van der Waals surface area contributed by atoms with Crippen molar-refractivity contribution in [2.24, 2.45) is 0 Å². The van der Waals surface area contributed by atoms with Crippen LogP contribution in [-0.2, 0) is 19.6 Å². The van der Waals surface area contributed by atoms with Crippen molar-refractivity contribution in [3.63, 3.8) is 0 Å². The van der Waals surface area contributed by atoms with E-state index < -0.39 is 28.5 Å². The lowest BCUT2D eigenvalue weighted by Gasteiger charge is -2.20. The number of aryl methyl sites for hydroxylation is 1. The second-order valence-electron chi connectivity index (χ2n) is 7.61. The number of rotatable bonds is 8. The third-order valence-corrected chi connectivity index (χ3v) is 6.92. The molecule has 3 aromatic carbocycles. The molecule has 0 aliphatic heterocycles. The van der Waals surface area contributed by atoms with E-state index in [0.29, 0.717) is 5.69 Å². The van der Waals surface area contributed by atoms with Crippen LogP contribution in [0.25, 0.3) is 0 Å². The first-order valence-electron chi connectivity index (χ1n) is 10.4. The number of carbonyl (C=O) groups excluding carboxylic acids is 2. The number of amides is 1. The molecule has 0 aliphatic carbocycles. The third kappa shape index (κ3) is 5.98. The maximum atomic E-state index is 13.0. The van der Waals surface area contributed by atoms with Crippen molar-refractivity contribution in [1.29, 1.82) is 0 Å². The van der Waals surface area contributed by atoms with Crippen LogP contribution in [0.4, 0.5) is 5.69 Å². The van der Waals surface area contributed by atoms with E-state index in [4.69, 9.17) is 4.74 Å². The summed E-state index contributed by atoms with van der Waals surface area (Å²) in [7, 11) is -2.44.